The molecule has 1 aliphatic rings. The van der Waals surface area contributed by atoms with Gasteiger partial charge in [0.05, 0.1) is 0 Å². The van der Waals surface area contributed by atoms with Gasteiger partial charge in [-0.3, -0.25) is 9.69 Å². The highest BCUT2D eigenvalue weighted by molar-refractivity contribution is 6.06. The molecule has 0 N–H and O–H groups in total. The maximum absolute atomic E-state index is 12.5. The van der Waals surface area contributed by atoms with Gasteiger partial charge in [-0.25, -0.2) is 0 Å². The van der Waals surface area contributed by atoms with Gasteiger partial charge in [0.15, 0.2) is 5.78 Å². The summed E-state index contributed by atoms with van der Waals surface area (Å²) in [5.74, 6) is 1.60. The Labute approximate surface area is 210 Å². The van der Waals surface area contributed by atoms with Crippen LogP contribution in [0.1, 0.15) is 62.4 Å². The number of hydrogen-bond acceptors (Lipinski definition) is 4. The van der Waals surface area contributed by atoms with E-state index >= 15 is 0 Å². The summed E-state index contributed by atoms with van der Waals surface area (Å²) in [5.41, 5.74) is 4.28. The SMILES string of the molecule is CC(C)=CCC/C(C)=C/COc1ccc(C(=O)/C=C/c2ccc(OCCN3CCCC3)cc2)cc1. The summed E-state index contributed by atoms with van der Waals surface area (Å²) >= 11 is 0. The van der Waals surface area contributed by atoms with E-state index in [0.29, 0.717) is 18.8 Å². The van der Waals surface area contributed by atoms with E-state index in [1.54, 1.807) is 6.08 Å². The second-order valence-corrected chi connectivity index (χ2v) is 9.37. The Morgan fingerprint density at radius 2 is 1.54 bits per heavy atom. The standard InChI is InChI=1S/C31H39NO3/c1-25(2)7-6-8-26(3)19-23-34-30-16-12-28(13-17-30)31(33)18-11-27-9-14-29(15-10-27)35-24-22-32-20-4-5-21-32/h7,9-19H,4-6,8,20-24H2,1-3H3/b18-11+,26-19+. The molecule has 4 nitrogen and oxygen atoms in total. The second-order valence-electron chi connectivity index (χ2n) is 9.37. The van der Waals surface area contributed by atoms with E-state index in [0.717, 1.165) is 36.4 Å². The van der Waals surface area contributed by atoms with Gasteiger partial charge >= 0.3 is 0 Å². The quantitative estimate of drug-likeness (QED) is 0.176. The van der Waals surface area contributed by atoms with Gasteiger partial charge in [-0.2, -0.15) is 0 Å². The van der Waals surface area contributed by atoms with E-state index in [4.69, 9.17) is 9.47 Å². The van der Waals surface area contributed by atoms with Crippen LogP contribution < -0.4 is 9.47 Å². The van der Waals surface area contributed by atoms with E-state index in [2.05, 4.69) is 37.8 Å². The van der Waals surface area contributed by atoms with Crippen molar-refractivity contribution in [2.24, 2.45) is 0 Å². The summed E-state index contributed by atoms with van der Waals surface area (Å²) in [4.78, 5) is 15.0. The second kappa shape index (κ2) is 14.3. The zero-order valence-corrected chi connectivity index (χ0v) is 21.5. The third-order valence-electron chi connectivity index (χ3n) is 6.09. The summed E-state index contributed by atoms with van der Waals surface area (Å²) in [7, 11) is 0. The van der Waals surface area contributed by atoms with E-state index in [9.17, 15) is 4.79 Å². The largest absolute Gasteiger partial charge is 0.492 e. The number of ketones is 1. The van der Waals surface area contributed by atoms with Gasteiger partial charge in [-0.15, -0.1) is 0 Å². The molecule has 1 heterocycles. The van der Waals surface area contributed by atoms with Crippen LogP contribution in [0.25, 0.3) is 6.08 Å². The Bertz CT molecular complexity index is 1010. The fourth-order valence-electron chi connectivity index (χ4n) is 3.93. The first-order valence-corrected chi connectivity index (χ1v) is 12.7. The fourth-order valence-corrected chi connectivity index (χ4v) is 3.93. The molecule has 0 bridgehead atoms. The average Bonchev–Trinajstić information content (AvgIpc) is 3.37. The van der Waals surface area contributed by atoms with Crippen molar-refractivity contribution < 1.29 is 14.3 Å². The molecule has 0 atom stereocenters. The molecule has 4 heteroatoms. The number of rotatable bonds is 13. The first-order valence-electron chi connectivity index (χ1n) is 12.7. The fraction of sp³-hybridized carbons (Fsp3) is 0.387. The van der Waals surface area contributed by atoms with Gasteiger partial charge in [0, 0.05) is 12.1 Å². The monoisotopic (exact) mass is 473 g/mol. The molecule has 3 rings (SSSR count). The lowest BCUT2D eigenvalue weighted by Gasteiger charge is -2.14. The highest BCUT2D eigenvalue weighted by Gasteiger charge is 2.10. The van der Waals surface area contributed by atoms with Gasteiger partial charge in [-0.05, 0) is 114 Å². The van der Waals surface area contributed by atoms with Crippen molar-refractivity contribution in [3.05, 3.63) is 89.0 Å². The molecule has 2 aromatic rings. The molecule has 0 spiro atoms. The molecule has 0 saturated carbocycles. The third-order valence-corrected chi connectivity index (χ3v) is 6.09. The van der Waals surface area contributed by atoms with Crippen LogP contribution in [-0.2, 0) is 0 Å². The lowest BCUT2D eigenvalue weighted by Crippen LogP contribution is -2.25. The Hall–Kier alpha value is -3.11. The molecule has 1 aliphatic heterocycles. The predicted molar refractivity (Wildman–Crippen MR) is 145 cm³/mol. The summed E-state index contributed by atoms with van der Waals surface area (Å²) in [6, 6.07) is 15.2. The number of nitrogens with zero attached hydrogens (tertiary/aromatic N) is 1. The van der Waals surface area contributed by atoms with Gasteiger partial charge < -0.3 is 9.47 Å². The van der Waals surface area contributed by atoms with Crippen molar-refractivity contribution in [3.8, 4) is 11.5 Å². The Morgan fingerprint density at radius 3 is 2.23 bits per heavy atom. The number of carbonyl (C=O) groups excluding carboxylic acids is 1. The minimum absolute atomic E-state index is 0.0301. The Morgan fingerprint density at radius 1 is 0.886 bits per heavy atom. The number of likely N-dealkylation sites (tertiary alicyclic amines) is 1. The van der Waals surface area contributed by atoms with E-state index in [1.165, 1.54) is 37.1 Å². The van der Waals surface area contributed by atoms with Crippen LogP contribution in [0.5, 0.6) is 11.5 Å². The van der Waals surface area contributed by atoms with Crippen molar-refractivity contribution in [2.45, 2.75) is 46.5 Å². The molecular weight excluding hydrogens is 434 g/mol. The van der Waals surface area contributed by atoms with Crippen LogP contribution in [0.4, 0.5) is 0 Å². The highest BCUT2D eigenvalue weighted by Crippen LogP contribution is 2.16. The lowest BCUT2D eigenvalue weighted by molar-refractivity contribution is 0.104. The van der Waals surface area contributed by atoms with Crippen molar-refractivity contribution in [1.82, 2.24) is 4.90 Å². The molecular formula is C31H39NO3. The zero-order valence-electron chi connectivity index (χ0n) is 21.5. The van der Waals surface area contributed by atoms with Crippen molar-refractivity contribution in [1.29, 1.82) is 0 Å². The zero-order chi connectivity index (χ0) is 24.9. The van der Waals surface area contributed by atoms with Crippen LogP contribution in [0.15, 0.2) is 77.9 Å². The number of hydrogen-bond donors (Lipinski definition) is 0. The number of benzene rings is 2. The van der Waals surface area contributed by atoms with Crippen LogP contribution in [0.3, 0.4) is 0 Å². The first-order chi connectivity index (χ1) is 17.0. The topological polar surface area (TPSA) is 38.8 Å². The average molecular weight is 474 g/mol. The van der Waals surface area contributed by atoms with Gasteiger partial charge in [0.1, 0.15) is 24.7 Å². The Kier molecular flexibility index (Phi) is 10.8. The maximum Gasteiger partial charge on any atom is 0.185 e. The van der Waals surface area contributed by atoms with E-state index in [-0.39, 0.29) is 5.78 Å². The smallest absolute Gasteiger partial charge is 0.185 e. The lowest BCUT2D eigenvalue weighted by atomic mass is 10.1. The molecule has 0 aromatic heterocycles. The minimum atomic E-state index is -0.0301. The van der Waals surface area contributed by atoms with Gasteiger partial charge in [0.25, 0.3) is 0 Å². The maximum atomic E-state index is 12.5. The first kappa shape index (κ1) is 26.5. The summed E-state index contributed by atoms with van der Waals surface area (Å²) < 4.78 is 11.6. The molecule has 1 fully saturated rings. The highest BCUT2D eigenvalue weighted by atomic mass is 16.5. The summed E-state index contributed by atoms with van der Waals surface area (Å²) in [5, 5.41) is 0. The van der Waals surface area contributed by atoms with Crippen LogP contribution in [0.2, 0.25) is 0 Å². The molecule has 0 amide bonds. The molecule has 2 aromatic carbocycles. The van der Waals surface area contributed by atoms with Crippen molar-refractivity contribution >= 4 is 11.9 Å². The molecule has 0 aliphatic carbocycles. The van der Waals surface area contributed by atoms with Crippen LogP contribution in [-0.4, -0.2) is 43.5 Å². The normalized spacial score (nSPS) is 14.3. The molecule has 0 unspecified atom stereocenters. The van der Waals surface area contributed by atoms with Crippen molar-refractivity contribution in [3.63, 3.8) is 0 Å². The van der Waals surface area contributed by atoms with Gasteiger partial charge in [0.2, 0.25) is 0 Å². The molecule has 1 saturated heterocycles. The Balaban J connectivity index is 1.41. The number of ether oxygens (including phenoxy) is 2. The molecule has 0 radical (unpaired) electrons. The van der Waals surface area contributed by atoms with E-state index in [1.807, 2.05) is 54.6 Å². The van der Waals surface area contributed by atoms with E-state index < -0.39 is 0 Å². The van der Waals surface area contributed by atoms with Crippen LogP contribution in [0, 0.1) is 0 Å². The predicted octanol–water partition coefficient (Wildman–Crippen LogP) is 7.13. The van der Waals surface area contributed by atoms with Gasteiger partial charge in [-0.1, -0.05) is 35.4 Å². The number of allylic oxidation sites excluding steroid dienone is 4. The number of carbonyl (C=O) groups is 1. The molecule has 186 valence electrons. The van der Waals surface area contributed by atoms with Crippen LogP contribution >= 0.6 is 0 Å². The molecule has 35 heavy (non-hydrogen) atoms. The third kappa shape index (κ3) is 9.96. The minimum Gasteiger partial charge on any atom is -0.492 e. The summed E-state index contributed by atoms with van der Waals surface area (Å²) in [6.07, 6.45) is 12.5. The summed E-state index contributed by atoms with van der Waals surface area (Å²) in [6.45, 7) is 11.0. The van der Waals surface area contributed by atoms with Crippen molar-refractivity contribution in [2.75, 3.05) is 32.8 Å².